The van der Waals surface area contributed by atoms with Crippen LogP contribution >= 0.6 is 11.6 Å². The van der Waals surface area contributed by atoms with E-state index in [4.69, 9.17) is 11.6 Å². The maximum Gasteiger partial charge on any atom is 0.244 e. The van der Waals surface area contributed by atoms with Gasteiger partial charge in [-0.2, -0.15) is 5.10 Å². The Balaban J connectivity index is 1.95. The van der Waals surface area contributed by atoms with Crippen LogP contribution in [0.4, 0.5) is 0 Å². The highest BCUT2D eigenvalue weighted by atomic mass is 35.5. The predicted molar refractivity (Wildman–Crippen MR) is 85.0 cm³/mol. The van der Waals surface area contributed by atoms with Gasteiger partial charge in [0.2, 0.25) is 5.91 Å². The molecule has 0 fully saturated rings. The van der Waals surface area contributed by atoms with Gasteiger partial charge in [-0.15, -0.1) is 0 Å². The molecule has 1 aromatic heterocycles. The van der Waals surface area contributed by atoms with Crippen molar-refractivity contribution in [2.45, 2.75) is 20.4 Å². The van der Waals surface area contributed by atoms with Gasteiger partial charge in [-0.25, -0.2) is 0 Å². The number of rotatable bonds is 4. The first-order chi connectivity index (χ1) is 9.97. The van der Waals surface area contributed by atoms with Crippen LogP contribution in [0.5, 0.6) is 0 Å². The Kier molecular flexibility index (Phi) is 4.81. The zero-order valence-electron chi connectivity index (χ0n) is 12.4. The fourth-order valence-corrected chi connectivity index (χ4v) is 2.19. The third-order valence-electron chi connectivity index (χ3n) is 3.18. The molecule has 0 atom stereocenters. The summed E-state index contributed by atoms with van der Waals surface area (Å²) in [5.41, 5.74) is 3.83. The molecule has 0 aliphatic carbocycles. The molecule has 21 heavy (non-hydrogen) atoms. The summed E-state index contributed by atoms with van der Waals surface area (Å²) >= 11 is 6.10. The minimum absolute atomic E-state index is 0.158. The van der Waals surface area contributed by atoms with Gasteiger partial charge >= 0.3 is 0 Å². The number of aryl methyl sites for hydroxylation is 3. The van der Waals surface area contributed by atoms with Gasteiger partial charge in [0, 0.05) is 25.2 Å². The Morgan fingerprint density at radius 2 is 2.00 bits per heavy atom. The minimum Gasteiger partial charge on any atom is -0.348 e. The molecular weight excluding hydrogens is 286 g/mol. The molecule has 110 valence electrons. The molecular formula is C16H18ClN3O. The normalized spacial score (nSPS) is 11.0. The number of benzene rings is 1. The van der Waals surface area contributed by atoms with E-state index in [1.807, 2.05) is 38.1 Å². The van der Waals surface area contributed by atoms with E-state index < -0.39 is 0 Å². The Hall–Kier alpha value is -2.07. The average molecular weight is 304 g/mol. The van der Waals surface area contributed by atoms with Gasteiger partial charge in [0.15, 0.2) is 0 Å². The fourth-order valence-electron chi connectivity index (χ4n) is 1.95. The number of aromatic nitrogens is 2. The second kappa shape index (κ2) is 6.59. The summed E-state index contributed by atoms with van der Waals surface area (Å²) in [4.78, 5) is 11.8. The van der Waals surface area contributed by atoms with Crippen LogP contribution < -0.4 is 5.32 Å². The van der Waals surface area contributed by atoms with Gasteiger partial charge in [0.05, 0.1) is 5.69 Å². The van der Waals surface area contributed by atoms with Crippen molar-refractivity contribution in [3.63, 3.8) is 0 Å². The lowest BCUT2D eigenvalue weighted by molar-refractivity contribution is -0.116. The highest BCUT2D eigenvalue weighted by Crippen LogP contribution is 2.19. The topological polar surface area (TPSA) is 46.9 Å². The van der Waals surface area contributed by atoms with Gasteiger partial charge in [0.25, 0.3) is 0 Å². The van der Waals surface area contributed by atoms with Crippen molar-refractivity contribution in [3.8, 4) is 0 Å². The molecule has 1 aromatic carbocycles. The maximum absolute atomic E-state index is 11.8. The lowest BCUT2D eigenvalue weighted by Crippen LogP contribution is -2.20. The molecule has 2 rings (SSSR count). The standard InChI is InChI=1S/C16H18ClN3O/c1-11-4-6-13(7-5-11)10-18-15(21)9-8-14-12(2)19-20(3)16(14)17/h4-9H,10H2,1-3H3,(H,18,21)/b9-8+. The first-order valence-corrected chi connectivity index (χ1v) is 7.05. The first-order valence-electron chi connectivity index (χ1n) is 6.68. The molecule has 1 heterocycles. The number of halogens is 1. The molecule has 1 N–H and O–H groups in total. The van der Waals surface area contributed by atoms with E-state index in [9.17, 15) is 4.79 Å². The lowest BCUT2D eigenvalue weighted by atomic mass is 10.1. The summed E-state index contributed by atoms with van der Waals surface area (Å²) in [5, 5.41) is 7.55. The van der Waals surface area contributed by atoms with E-state index in [-0.39, 0.29) is 5.91 Å². The van der Waals surface area contributed by atoms with Crippen LogP contribution in [-0.4, -0.2) is 15.7 Å². The molecule has 0 radical (unpaired) electrons. The average Bonchev–Trinajstić information content (AvgIpc) is 2.69. The van der Waals surface area contributed by atoms with Crippen molar-refractivity contribution in [1.82, 2.24) is 15.1 Å². The monoisotopic (exact) mass is 303 g/mol. The summed E-state index contributed by atoms with van der Waals surface area (Å²) in [7, 11) is 1.77. The maximum atomic E-state index is 11.8. The Morgan fingerprint density at radius 3 is 2.57 bits per heavy atom. The zero-order valence-corrected chi connectivity index (χ0v) is 13.1. The van der Waals surface area contributed by atoms with Crippen molar-refractivity contribution in [1.29, 1.82) is 0 Å². The smallest absolute Gasteiger partial charge is 0.244 e. The van der Waals surface area contributed by atoms with Crippen molar-refractivity contribution < 1.29 is 4.79 Å². The molecule has 2 aromatic rings. The Bertz CT molecular complexity index is 672. The molecule has 0 aliphatic heterocycles. The highest BCUT2D eigenvalue weighted by Gasteiger charge is 2.08. The van der Waals surface area contributed by atoms with Crippen molar-refractivity contribution in [3.05, 3.63) is 57.9 Å². The third-order valence-corrected chi connectivity index (χ3v) is 3.63. The van der Waals surface area contributed by atoms with Crippen molar-refractivity contribution in [2.75, 3.05) is 0 Å². The number of hydrogen-bond acceptors (Lipinski definition) is 2. The predicted octanol–water partition coefficient (Wildman–Crippen LogP) is 3.02. The number of nitrogens with zero attached hydrogens (tertiary/aromatic N) is 2. The zero-order chi connectivity index (χ0) is 15.4. The molecule has 5 heteroatoms. The molecule has 0 saturated carbocycles. The van der Waals surface area contributed by atoms with E-state index in [2.05, 4.69) is 10.4 Å². The molecule has 0 unspecified atom stereocenters. The Labute approximate surface area is 129 Å². The molecule has 1 amide bonds. The first kappa shape index (κ1) is 15.3. The fraction of sp³-hybridized carbons (Fsp3) is 0.250. The summed E-state index contributed by atoms with van der Waals surface area (Å²) < 4.78 is 1.58. The van der Waals surface area contributed by atoms with Gasteiger partial charge in [0.1, 0.15) is 5.15 Å². The minimum atomic E-state index is -0.158. The summed E-state index contributed by atoms with van der Waals surface area (Å²) in [6.07, 6.45) is 3.17. The SMILES string of the molecule is Cc1ccc(CNC(=O)/C=C/c2c(C)nn(C)c2Cl)cc1. The van der Waals surface area contributed by atoms with Crippen LogP contribution in [0.3, 0.4) is 0 Å². The number of hydrogen-bond donors (Lipinski definition) is 1. The van der Waals surface area contributed by atoms with E-state index in [1.165, 1.54) is 11.6 Å². The van der Waals surface area contributed by atoms with Crippen LogP contribution in [-0.2, 0) is 18.4 Å². The van der Waals surface area contributed by atoms with E-state index in [0.29, 0.717) is 11.7 Å². The molecule has 0 spiro atoms. The Morgan fingerprint density at radius 1 is 1.33 bits per heavy atom. The van der Waals surface area contributed by atoms with Gasteiger partial charge < -0.3 is 5.32 Å². The number of carbonyl (C=O) groups is 1. The van der Waals surface area contributed by atoms with Crippen LogP contribution in [0.1, 0.15) is 22.4 Å². The second-order valence-corrected chi connectivity index (χ2v) is 5.31. The number of carbonyl (C=O) groups excluding carboxylic acids is 1. The molecule has 4 nitrogen and oxygen atoms in total. The van der Waals surface area contributed by atoms with E-state index >= 15 is 0 Å². The van der Waals surface area contributed by atoms with E-state index in [1.54, 1.807) is 17.8 Å². The van der Waals surface area contributed by atoms with Crippen LogP contribution in [0, 0.1) is 13.8 Å². The number of amides is 1. The summed E-state index contributed by atoms with van der Waals surface area (Å²) in [6.45, 7) is 4.39. The largest absolute Gasteiger partial charge is 0.348 e. The van der Waals surface area contributed by atoms with Crippen LogP contribution in [0.2, 0.25) is 5.15 Å². The quantitative estimate of drug-likeness (QED) is 0.883. The lowest BCUT2D eigenvalue weighted by Gasteiger charge is -2.03. The summed E-state index contributed by atoms with van der Waals surface area (Å²) in [6, 6.07) is 8.05. The van der Waals surface area contributed by atoms with E-state index in [0.717, 1.165) is 16.8 Å². The van der Waals surface area contributed by atoms with Crippen LogP contribution in [0.15, 0.2) is 30.3 Å². The summed E-state index contributed by atoms with van der Waals surface area (Å²) in [5.74, 6) is -0.158. The molecule has 0 aliphatic rings. The van der Waals surface area contributed by atoms with Gasteiger partial charge in [-0.3, -0.25) is 9.48 Å². The van der Waals surface area contributed by atoms with Crippen LogP contribution in [0.25, 0.3) is 6.08 Å². The molecule has 0 bridgehead atoms. The van der Waals surface area contributed by atoms with Gasteiger partial charge in [-0.1, -0.05) is 41.4 Å². The van der Waals surface area contributed by atoms with Crippen molar-refractivity contribution in [2.24, 2.45) is 7.05 Å². The van der Waals surface area contributed by atoms with Crippen molar-refractivity contribution >= 4 is 23.6 Å². The molecule has 0 saturated heterocycles. The number of nitrogens with one attached hydrogen (secondary N) is 1. The second-order valence-electron chi connectivity index (χ2n) is 4.95. The highest BCUT2D eigenvalue weighted by molar-refractivity contribution is 6.31. The third kappa shape index (κ3) is 3.95. The van der Waals surface area contributed by atoms with Gasteiger partial charge in [-0.05, 0) is 25.5 Å².